The van der Waals surface area contributed by atoms with Crippen molar-refractivity contribution in [1.82, 2.24) is 9.88 Å². The Labute approximate surface area is 123 Å². The third kappa shape index (κ3) is 4.00. The summed E-state index contributed by atoms with van der Waals surface area (Å²) in [5.41, 5.74) is 2.30. The average molecular weight is 290 g/mol. The fraction of sp³-hybridized carbons (Fsp3) is 0.312. The van der Waals surface area contributed by atoms with Gasteiger partial charge in [0.25, 0.3) is 0 Å². The maximum Gasteiger partial charge on any atom is 0.186 e. The van der Waals surface area contributed by atoms with Crippen LogP contribution in [0.15, 0.2) is 41.3 Å². The van der Waals surface area contributed by atoms with Crippen molar-refractivity contribution in [2.45, 2.75) is 13.5 Å². The van der Waals surface area contributed by atoms with E-state index in [0.29, 0.717) is 25.3 Å². The number of benzene rings is 1. The van der Waals surface area contributed by atoms with Crippen molar-refractivity contribution < 1.29 is 9.13 Å². The molecule has 0 saturated carbocycles. The lowest BCUT2D eigenvalue weighted by Gasteiger charge is -2.13. The number of aromatic nitrogens is 1. The van der Waals surface area contributed by atoms with Crippen molar-refractivity contribution in [3.05, 3.63) is 63.8 Å². The molecule has 1 aromatic carbocycles. The van der Waals surface area contributed by atoms with Gasteiger partial charge in [-0.3, -0.25) is 4.79 Å². The van der Waals surface area contributed by atoms with Gasteiger partial charge in [-0.25, -0.2) is 4.39 Å². The number of pyridine rings is 1. The smallest absolute Gasteiger partial charge is 0.186 e. The molecule has 1 N–H and O–H groups in total. The Morgan fingerprint density at radius 1 is 1.29 bits per heavy atom. The fourth-order valence-corrected chi connectivity index (χ4v) is 2.08. The Kier molecular flexibility index (Phi) is 5.25. The van der Waals surface area contributed by atoms with E-state index in [1.807, 2.05) is 11.5 Å². The molecule has 0 spiro atoms. The largest absolute Gasteiger partial charge is 0.383 e. The van der Waals surface area contributed by atoms with Crippen LogP contribution in [0.25, 0.3) is 5.69 Å². The Bertz CT molecular complexity index is 650. The van der Waals surface area contributed by atoms with Gasteiger partial charge in [-0.15, -0.1) is 0 Å². The molecular weight excluding hydrogens is 271 g/mol. The molecule has 0 aliphatic rings. The quantitative estimate of drug-likeness (QED) is 0.828. The van der Waals surface area contributed by atoms with Crippen LogP contribution >= 0.6 is 0 Å². The van der Waals surface area contributed by atoms with Gasteiger partial charge in [0, 0.05) is 49.4 Å². The monoisotopic (exact) mass is 290 g/mol. The first-order valence-electron chi connectivity index (χ1n) is 6.79. The number of hydrogen-bond donors (Lipinski definition) is 1. The van der Waals surface area contributed by atoms with Gasteiger partial charge < -0.3 is 14.6 Å². The summed E-state index contributed by atoms with van der Waals surface area (Å²) in [6.45, 7) is 3.61. The minimum Gasteiger partial charge on any atom is -0.383 e. The van der Waals surface area contributed by atoms with Gasteiger partial charge in [-0.1, -0.05) is 0 Å². The molecule has 0 amide bonds. The highest BCUT2D eigenvalue weighted by molar-refractivity contribution is 5.35. The molecule has 21 heavy (non-hydrogen) atoms. The second-order valence-corrected chi connectivity index (χ2v) is 4.82. The summed E-state index contributed by atoms with van der Waals surface area (Å²) in [5.74, 6) is -0.279. The van der Waals surface area contributed by atoms with E-state index in [2.05, 4.69) is 5.32 Å². The molecule has 4 nitrogen and oxygen atoms in total. The molecule has 2 aromatic rings. The molecule has 1 heterocycles. The van der Waals surface area contributed by atoms with Crippen molar-refractivity contribution in [3.8, 4) is 5.69 Å². The molecule has 0 unspecified atom stereocenters. The fourth-order valence-electron chi connectivity index (χ4n) is 2.08. The molecule has 0 saturated heterocycles. The van der Waals surface area contributed by atoms with Crippen molar-refractivity contribution >= 4 is 0 Å². The minimum absolute atomic E-state index is 0.00391. The maximum atomic E-state index is 13.0. The Hall–Kier alpha value is -1.98. The molecule has 1 aromatic heterocycles. The van der Waals surface area contributed by atoms with Crippen LogP contribution < -0.4 is 10.7 Å². The van der Waals surface area contributed by atoms with Crippen LogP contribution in [0.3, 0.4) is 0 Å². The average Bonchev–Trinajstić information content (AvgIpc) is 2.47. The SMILES string of the molecule is COCCNCc1cn(-c2ccc(F)cc2)c(C)cc1=O. The van der Waals surface area contributed by atoms with Gasteiger partial charge in [0.05, 0.1) is 6.61 Å². The first-order chi connectivity index (χ1) is 10.1. The van der Waals surface area contributed by atoms with Crippen LogP contribution in [0.1, 0.15) is 11.3 Å². The predicted molar refractivity (Wildman–Crippen MR) is 80.3 cm³/mol. The summed E-state index contributed by atoms with van der Waals surface area (Å²) in [5, 5.41) is 3.15. The van der Waals surface area contributed by atoms with Crippen LogP contribution in [-0.4, -0.2) is 24.8 Å². The van der Waals surface area contributed by atoms with Gasteiger partial charge in [0.15, 0.2) is 5.43 Å². The number of hydrogen-bond acceptors (Lipinski definition) is 3. The van der Waals surface area contributed by atoms with E-state index in [1.54, 1.807) is 31.5 Å². The summed E-state index contributed by atoms with van der Waals surface area (Å²) < 4.78 is 19.8. The normalized spacial score (nSPS) is 10.8. The van der Waals surface area contributed by atoms with Crippen molar-refractivity contribution in [3.63, 3.8) is 0 Å². The van der Waals surface area contributed by atoms with Crippen molar-refractivity contribution in [1.29, 1.82) is 0 Å². The van der Waals surface area contributed by atoms with E-state index in [0.717, 1.165) is 11.4 Å². The third-order valence-electron chi connectivity index (χ3n) is 3.22. The lowest BCUT2D eigenvalue weighted by molar-refractivity contribution is 0.199. The minimum atomic E-state index is -0.279. The summed E-state index contributed by atoms with van der Waals surface area (Å²) in [7, 11) is 1.63. The van der Waals surface area contributed by atoms with Crippen LogP contribution in [-0.2, 0) is 11.3 Å². The topological polar surface area (TPSA) is 43.3 Å². The lowest BCUT2D eigenvalue weighted by atomic mass is 10.2. The predicted octanol–water partition coefficient (Wildman–Crippen LogP) is 2.02. The molecule has 5 heteroatoms. The first-order valence-corrected chi connectivity index (χ1v) is 6.79. The van der Waals surface area contributed by atoms with E-state index < -0.39 is 0 Å². The second kappa shape index (κ2) is 7.15. The number of ether oxygens (including phenoxy) is 1. The van der Waals surface area contributed by atoms with Crippen molar-refractivity contribution in [2.75, 3.05) is 20.3 Å². The second-order valence-electron chi connectivity index (χ2n) is 4.82. The summed E-state index contributed by atoms with van der Waals surface area (Å²) >= 11 is 0. The Morgan fingerprint density at radius 3 is 2.67 bits per heavy atom. The summed E-state index contributed by atoms with van der Waals surface area (Å²) in [4.78, 5) is 12.0. The summed E-state index contributed by atoms with van der Waals surface area (Å²) in [6, 6.07) is 7.79. The van der Waals surface area contributed by atoms with Gasteiger partial charge in [0.1, 0.15) is 5.82 Å². The van der Waals surface area contributed by atoms with Crippen LogP contribution in [0.5, 0.6) is 0 Å². The number of methoxy groups -OCH3 is 1. The zero-order chi connectivity index (χ0) is 15.2. The highest BCUT2D eigenvalue weighted by Crippen LogP contribution is 2.12. The number of halogens is 1. The number of nitrogens with one attached hydrogen (secondary N) is 1. The zero-order valence-electron chi connectivity index (χ0n) is 12.2. The Morgan fingerprint density at radius 2 is 2.00 bits per heavy atom. The number of aryl methyl sites for hydroxylation is 1. The third-order valence-corrected chi connectivity index (χ3v) is 3.22. The van der Waals surface area contributed by atoms with Gasteiger partial charge in [0.2, 0.25) is 0 Å². The number of rotatable bonds is 6. The maximum absolute atomic E-state index is 13.0. The van der Waals surface area contributed by atoms with Crippen LogP contribution in [0.4, 0.5) is 4.39 Å². The highest BCUT2D eigenvalue weighted by Gasteiger charge is 2.05. The molecular formula is C16H19FN2O2. The van der Waals surface area contributed by atoms with E-state index in [-0.39, 0.29) is 11.2 Å². The number of nitrogens with zero attached hydrogens (tertiary/aromatic N) is 1. The van der Waals surface area contributed by atoms with Crippen LogP contribution in [0, 0.1) is 12.7 Å². The summed E-state index contributed by atoms with van der Waals surface area (Å²) in [6.07, 6.45) is 1.80. The van der Waals surface area contributed by atoms with E-state index >= 15 is 0 Å². The van der Waals surface area contributed by atoms with E-state index in [9.17, 15) is 9.18 Å². The van der Waals surface area contributed by atoms with Gasteiger partial charge in [-0.05, 0) is 31.2 Å². The molecule has 0 radical (unpaired) electrons. The van der Waals surface area contributed by atoms with E-state index in [4.69, 9.17) is 4.74 Å². The standard InChI is InChI=1S/C16H19FN2O2/c1-12-9-16(20)13(10-18-7-8-21-2)11-19(12)15-5-3-14(17)4-6-15/h3-6,9,11,18H,7-8,10H2,1-2H3. The van der Waals surface area contributed by atoms with Gasteiger partial charge in [-0.2, -0.15) is 0 Å². The molecule has 0 aliphatic heterocycles. The molecule has 112 valence electrons. The highest BCUT2D eigenvalue weighted by atomic mass is 19.1. The first kappa shape index (κ1) is 15.4. The molecule has 0 fully saturated rings. The molecule has 0 aliphatic carbocycles. The molecule has 0 bridgehead atoms. The zero-order valence-corrected chi connectivity index (χ0v) is 12.2. The van der Waals surface area contributed by atoms with Crippen molar-refractivity contribution in [2.24, 2.45) is 0 Å². The van der Waals surface area contributed by atoms with Gasteiger partial charge >= 0.3 is 0 Å². The molecule has 0 atom stereocenters. The lowest BCUT2D eigenvalue weighted by Crippen LogP contribution is -2.24. The van der Waals surface area contributed by atoms with Crippen LogP contribution in [0.2, 0.25) is 0 Å². The van der Waals surface area contributed by atoms with E-state index in [1.165, 1.54) is 12.1 Å². The molecule has 2 rings (SSSR count). The Balaban J connectivity index is 2.25.